The Bertz CT molecular complexity index is 1160. The molecule has 0 aliphatic carbocycles. The van der Waals surface area contributed by atoms with Gasteiger partial charge in [-0.1, -0.05) is 54.6 Å². The topological polar surface area (TPSA) is 17.8 Å². The molecule has 2 aromatic heterocycles. The summed E-state index contributed by atoms with van der Waals surface area (Å²) in [6.07, 6.45) is 2.24. The molecule has 0 bridgehead atoms. The number of benzene rings is 3. The van der Waals surface area contributed by atoms with E-state index in [4.69, 9.17) is 4.98 Å². The zero-order valence-electron chi connectivity index (χ0n) is 13.4. The Morgan fingerprint density at radius 1 is 0.667 bits per heavy atom. The van der Waals surface area contributed by atoms with Crippen molar-refractivity contribution in [2.75, 3.05) is 0 Å². The lowest BCUT2D eigenvalue weighted by atomic mass is 9.96. The molecule has 0 spiro atoms. The summed E-state index contributed by atoms with van der Waals surface area (Å²) in [5.74, 6) is 0. The van der Waals surface area contributed by atoms with E-state index < -0.39 is 0 Å². The van der Waals surface area contributed by atoms with Crippen LogP contribution in [0.2, 0.25) is 0 Å². The largest absolute Gasteiger partial charge is 0.350 e. The molecule has 114 valence electrons. The minimum atomic E-state index is 1.04. The molecule has 0 unspecified atom stereocenters. The maximum absolute atomic E-state index is 4.84. The minimum absolute atomic E-state index is 1.04. The van der Waals surface area contributed by atoms with Gasteiger partial charge in [0.15, 0.2) is 0 Å². The zero-order chi connectivity index (χ0) is 16.1. The van der Waals surface area contributed by atoms with E-state index in [2.05, 4.69) is 90.6 Å². The van der Waals surface area contributed by atoms with Crippen LogP contribution in [-0.4, -0.2) is 9.55 Å². The zero-order valence-corrected chi connectivity index (χ0v) is 13.4. The Balaban J connectivity index is 2.03. The van der Waals surface area contributed by atoms with Crippen LogP contribution in [0.1, 0.15) is 0 Å². The summed E-state index contributed by atoms with van der Waals surface area (Å²) in [6.45, 7) is 0. The highest BCUT2D eigenvalue weighted by atomic mass is 14.9. The number of fused-ring (bicyclic) bond motifs is 3. The van der Waals surface area contributed by atoms with Gasteiger partial charge in [-0.3, -0.25) is 0 Å². The summed E-state index contributed by atoms with van der Waals surface area (Å²) in [5, 5.41) is 3.68. The maximum atomic E-state index is 4.84. The fourth-order valence-electron chi connectivity index (χ4n) is 3.67. The minimum Gasteiger partial charge on any atom is -0.350 e. The molecule has 24 heavy (non-hydrogen) atoms. The molecule has 0 aliphatic heterocycles. The number of para-hydroxylation sites is 3. The Kier molecular flexibility index (Phi) is 2.74. The number of rotatable bonds is 1. The quantitative estimate of drug-likeness (QED) is 0.371. The first kappa shape index (κ1) is 13.3. The molecular formula is C22H16N2. The van der Waals surface area contributed by atoms with Gasteiger partial charge in [-0.2, -0.15) is 0 Å². The van der Waals surface area contributed by atoms with E-state index in [1.165, 1.54) is 32.8 Å². The fraction of sp³-hybridized carbons (Fsp3) is 0.0455. The van der Waals surface area contributed by atoms with E-state index in [0.29, 0.717) is 0 Å². The first-order chi connectivity index (χ1) is 11.8. The van der Waals surface area contributed by atoms with Crippen LogP contribution >= 0.6 is 0 Å². The molecule has 0 aliphatic rings. The lowest BCUT2D eigenvalue weighted by Crippen LogP contribution is -1.88. The van der Waals surface area contributed by atoms with Crippen LogP contribution in [0, 0.1) is 0 Å². The average Bonchev–Trinajstić information content (AvgIpc) is 2.96. The summed E-state index contributed by atoms with van der Waals surface area (Å²) < 4.78 is 2.20. The van der Waals surface area contributed by atoms with Crippen LogP contribution in [0.25, 0.3) is 43.8 Å². The van der Waals surface area contributed by atoms with E-state index in [-0.39, 0.29) is 0 Å². The summed E-state index contributed by atoms with van der Waals surface area (Å²) in [7, 11) is 2.11. The van der Waals surface area contributed by atoms with Gasteiger partial charge >= 0.3 is 0 Å². The lowest BCUT2D eigenvalue weighted by molar-refractivity contribution is 0.970. The second-order valence-electron chi connectivity index (χ2n) is 6.19. The van der Waals surface area contributed by atoms with Crippen molar-refractivity contribution in [3.05, 3.63) is 79.0 Å². The van der Waals surface area contributed by atoms with Crippen molar-refractivity contribution < 1.29 is 0 Å². The van der Waals surface area contributed by atoms with Gasteiger partial charge in [0.25, 0.3) is 0 Å². The van der Waals surface area contributed by atoms with Gasteiger partial charge in [0.2, 0.25) is 0 Å². The molecule has 0 atom stereocenters. The summed E-state index contributed by atoms with van der Waals surface area (Å²) >= 11 is 0. The van der Waals surface area contributed by atoms with Gasteiger partial charge in [-0.15, -0.1) is 0 Å². The molecule has 0 radical (unpaired) electrons. The monoisotopic (exact) mass is 308 g/mol. The summed E-state index contributed by atoms with van der Waals surface area (Å²) in [6, 6.07) is 25.4. The van der Waals surface area contributed by atoms with Crippen molar-refractivity contribution in [2.24, 2.45) is 7.05 Å². The number of pyridine rings is 1. The smallest absolute Gasteiger partial charge is 0.0715 e. The van der Waals surface area contributed by atoms with Gasteiger partial charge in [-0.25, -0.2) is 4.98 Å². The molecule has 5 aromatic rings. The summed E-state index contributed by atoms with van der Waals surface area (Å²) in [5.41, 5.74) is 5.87. The SMILES string of the molecule is Cn1cc(-c2c3ccccc3nc3ccccc23)c2ccccc21. The number of aryl methyl sites for hydroxylation is 1. The number of aromatic nitrogens is 2. The average molecular weight is 308 g/mol. The van der Waals surface area contributed by atoms with E-state index in [9.17, 15) is 0 Å². The van der Waals surface area contributed by atoms with Gasteiger partial charge < -0.3 is 4.57 Å². The van der Waals surface area contributed by atoms with Crippen molar-refractivity contribution in [1.29, 1.82) is 0 Å². The van der Waals surface area contributed by atoms with Crippen LogP contribution < -0.4 is 0 Å². The molecule has 0 saturated carbocycles. The van der Waals surface area contributed by atoms with Crippen molar-refractivity contribution in [3.63, 3.8) is 0 Å². The van der Waals surface area contributed by atoms with Crippen molar-refractivity contribution in [3.8, 4) is 11.1 Å². The van der Waals surface area contributed by atoms with Crippen molar-refractivity contribution in [1.82, 2.24) is 9.55 Å². The molecule has 5 rings (SSSR count). The third-order valence-electron chi connectivity index (χ3n) is 4.75. The van der Waals surface area contributed by atoms with E-state index in [0.717, 1.165) is 11.0 Å². The van der Waals surface area contributed by atoms with Crippen LogP contribution in [0.3, 0.4) is 0 Å². The molecule has 2 heterocycles. The highest BCUT2D eigenvalue weighted by molar-refractivity contribution is 6.14. The fourth-order valence-corrected chi connectivity index (χ4v) is 3.67. The number of hydrogen-bond acceptors (Lipinski definition) is 1. The normalized spacial score (nSPS) is 11.5. The highest BCUT2D eigenvalue weighted by Gasteiger charge is 2.15. The van der Waals surface area contributed by atoms with E-state index >= 15 is 0 Å². The summed E-state index contributed by atoms with van der Waals surface area (Å²) in [4.78, 5) is 4.84. The molecular weight excluding hydrogens is 292 g/mol. The van der Waals surface area contributed by atoms with Gasteiger partial charge in [0.05, 0.1) is 11.0 Å². The first-order valence-electron chi connectivity index (χ1n) is 8.15. The Morgan fingerprint density at radius 2 is 1.21 bits per heavy atom. The predicted octanol–water partition coefficient (Wildman–Crippen LogP) is 5.55. The molecule has 0 amide bonds. The van der Waals surface area contributed by atoms with Gasteiger partial charge in [0.1, 0.15) is 0 Å². The second-order valence-corrected chi connectivity index (χ2v) is 6.19. The van der Waals surface area contributed by atoms with Gasteiger partial charge in [0, 0.05) is 46.0 Å². The van der Waals surface area contributed by atoms with E-state index in [1.54, 1.807) is 0 Å². The number of nitrogens with zero attached hydrogens (tertiary/aromatic N) is 2. The Labute approximate surface area is 140 Å². The standard InChI is InChI=1S/C22H16N2/c1-24-14-18(15-8-4-7-13-21(15)24)22-16-9-2-5-11-19(16)23-20-12-6-3-10-17(20)22/h2-14H,1H3. The Hall–Kier alpha value is -3.13. The van der Waals surface area contributed by atoms with Crippen LogP contribution in [0.4, 0.5) is 0 Å². The highest BCUT2D eigenvalue weighted by Crippen LogP contribution is 2.38. The first-order valence-corrected chi connectivity index (χ1v) is 8.15. The molecule has 0 fully saturated rings. The van der Waals surface area contributed by atoms with Crippen LogP contribution in [0.15, 0.2) is 79.0 Å². The lowest BCUT2D eigenvalue weighted by Gasteiger charge is -2.10. The predicted molar refractivity (Wildman–Crippen MR) is 101 cm³/mol. The van der Waals surface area contributed by atoms with Crippen molar-refractivity contribution in [2.45, 2.75) is 0 Å². The molecule has 3 aromatic carbocycles. The van der Waals surface area contributed by atoms with E-state index in [1.807, 2.05) is 0 Å². The second kappa shape index (κ2) is 4.93. The van der Waals surface area contributed by atoms with Crippen molar-refractivity contribution >= 4 is 32.7 Å². The van der Waals surface area contributed by atoms with Crippen LogP contribution in [0.5, 0.6) is 0 Å². The molecule has 0 N–H and O–H groups in total. The number of hydrogen-bond donors (Lipinski definition) is 0. The van der Waals surface area contributed by atoms with Gasteiger partial charge in [-0.05, 0) is 18.2 Å². The molecule has 0 saturated heterocycles. The third kappa shape index (κ3) is 1.80. The molecule has 2 nitrogen and oxygen atoms in total. The maximum Gasteiger partial charge on any atom is 0.0715 e. The Morgan fingerprint density at radius 3 is 1.88 bits per heavy atom. The molecule has 2 heteroatoms. The van der Waals surface area contributed by atoms with Crippen LogP contribution in [-0.2, 0) is 7.05 Å². The third-order valence-corrected chi connectivity index (χ3v) is 4.75.